The molecule has 186 valence electrons. The summed E-state index contributed by atoms with van der Waals surface area (Å²) in [5.74, 6) is -1.52. The minimum atomic E-state index is -4.81. The van der Waals surface area contributed by atoms with E-state index in [-0.39, 0.29) is 27.9 Å². The average Bonchev–Trinajstić information content (AvgIpc) is 2.70. The van der Waals surface area contributed by atoms with E-state index in [1.165, 1.54) is 12.1 Å². The first kappa shape index (κ1) is 26.1. The van der Waals surface area contributed by atoms with Gasteiger partial charge in [0, 0.05) is 18.4 Å². The van der Waals surface area contributed by atoms with Gasteiger partial charge in [0.25, 0.3) is 20.2 Å². The molecule has 0 saturated carbocycles. The van der Waals surface area contributed by atoms with E-state index in [1.54, 1.807) is 0 Å². The lowest BCUT2D eigenvalue weighted by Gasteiger charge is -2.12. The van der Waals surface area contributed by atoms with E-state index >= 15 is 0 Å². The summed E-state index contributed by atoms with van der Waals surface area (Å²) >= 11 is -2.75. The maximum atomic E-state index is 11.6. The number of rotatable bonds is 7. The van der Waals surface area contributed by atoms with Crippen molar-refractivity contribution in [1.82, 2.24) is 0 Å². The zero-order valence-corrected chi connectivity index (χ0v) is 19.8. The van der Waals surface area contributed by atoms with Crippen molar-refractivity contribution in [3.05, 3.63) is 42.5 Å². The van der Waals surface area contributed by atoms with Gasteiger partial charge >= 0.3 is 11.4 Å². The first-order chi connectivity index (χ1) is 16.2. The fourth-order valence-electron chi connectivity index (χ4n) is 2.96. The van der Waals surface area contributed by atoms with Crippen LogP contribution >= 0.6 is 0 Å². The van der Waals surface area contributed by atoms with Gasteiger partial charge < -0.3 is 14.6 Å². The zero-order valence-electron chi connectivity index (χ0n) is 17.3. The lowest BCUT2D eigenvalue weighted by atomic mass is 10.1. The Morgan fingerprint density at radius 1 is 0.971 bits per heavy atom. The summed E-state index contributed by atoms with van der Waals surface area (Å²) in [7, 11) is -9.47. The first-order valence-corrected chi connectivity index (χ1v) is 13.0. The molecule has 0 aliphatic carbocycles. The van der Waals surface area contributed by atoms with Gasteiger partial charge in [0.2, 0.25) is 5.91 Å². The molecule has 0 aromatic heterocycles. The van der Waals surface area contributed by atoms with Gasteiger partial charge in [-0.2, -0.15) is 21.0 Å². The van der Waals surface area contributed by atoms with Crippen LogP contribution in [-0.2, 0) is 36.4 Å². The number of nitrogens with zero attached hydrogens (tertiary/aromatic N) is 2. The Bertz CT molecular complexity index is 1620. The number of hydrogen-bond donors (Lipinski definition) is 5. The van der Waals surface area contributed by atoms with E-state index < -0.39 is 58.7 Å². The summed E-state index contributed by atoms with van der Waals surface area (Å²) in [4.78, 5) is 10.3. The smallest absolute Gasteiger partial charge is 0.357 e. The molecule has 0 spiro atoms. The van der Waals surface area contributed by atoms with Crippen LogP contribution in [0.4, 0.5) is 17.1 Å². The largest absolute Gasteiger partial charge is 0.505 e. The molecule has 5 N–H and O–H groups in total. The minimum Gasteiger partial charge on any atom is -0.505 e. The minimum absolute atomic E-state index is 0.0770. The Labute approximate surface area is 200 Å². The van der Waals surface area contributed by atoms with Crippen LogP contribution in [0.1, 0.15) is 6.92 Å². The van der Waals surface area contributed by atoms with E-state index in [2.05, 4.69) is 19.7 Å². The highest BCUT2D eigenvalue weighted by Gasteiger charge is 2.20. The molecule has 0 radical (unpaired) electrons. The van der Waals surface area contributed by atoms with E-state index in [0.717, 1.165) is 37.3 Å². The number of fused-ring (bicyclic) bond motifs is 1. The van der Waals surface area contributed by atoms with Crippen LogP contribution in [-0.4, -0.2) is 45.7 Å². The van der Waals surface area contributed by atoms with Crippen LogP contribution < -0.4 is 9.50 Å². The van der Waals surface area contributed by atoms with Crippen LogP contribution in [0.25, 0.3) is 10.8 Å². The summed E-state index contributed by atoms with van der Waals surface area (Å²) in [6, 6.07) is 7.10. The molecule has 0 fully saturated rings. The highest BCUT2D eigenvalue weighted by Crippen LogP contribution is 2.41. The lowest BCUT2D eigenvalue weighted by Crippen LogP contribution is -2.08. The molecule has 1 unspecified atom stereocenters. The van der Waals surface area contributed by atoms with Crippen LogP contribution in [0.2, 0.25) is 0 Å². The molecule has 1 atom stereocenters. The molecule has 3 aromatic rings. The summed E-state index contributed by atoms with van der Waals surface area (Å²) in [5.41, 5.74) is -0.975. The van der Waals surface area contributed by atoms with Crippen LogP contribution in [0.15, 0.2) is 62.5 Å². The third kappa shape index (κ3) is 6.15. The Morgan fingerprint density at radius 3 is 2.20 bits per heavy atom. The van der Waals surface area contributed by atoms with Gasteiger partial charge in [0.1, 0.15) is 22.0 Å². The Kier molecular flexibility index (Phi) is 7.20. The molecule has 3 aromatic carbocycles. The first-order valence-electron chi connectivity index (χ1n) is 9.04. The Balaban J connectivity index is 2.20. The monoisotopic (exact) mass is 545 g/mol. The van der Waals surface area contributed by atoms with Crippen molar-refractivity contribution in [2.24, 2.45) is 10.2 Å². The van der Waals surface area contributed by atoms with Crippen LogP contribution in [0.3, 0.4) is 0 Å². The van der Waals surface area contributed by atoms with E-state index in [4.69, 9.17) is 4.55 Å². The van der Waals surface area contributed by atoms with Gasteiger partial charge in [-0.25, -0.2) is 0 Å². The van der Waals surface area contributed by atoms with Crippen molar-refractivity contribution in [2.75, 3.05) is 5.32 Å². The summed E-state index contributed by atoms with van der Waals surface area (Å²) in [5, 5.41) is 20.5. The second-order valence-electron chi connectivity index (χ2n) is 6.76. The molecule has 0 bridgehead atoms. The Morgan fingerprint density at radius 2 is 1.63 bits per heavy atom. The molecule has 0 aliphatic rings. The summed E-state index contributed by atoms with van der Waals surface area (Å²) < 4.78 is 89.4. The lowest BCUT2D eigenvalue weighted by molar-refractivity contribution is -0.114. The highest BCUT2D eigenvalue weighted by molar-refractivity contribution is 7.86. The number of nitrogens with one attached hydrogen (secondary N) is 1. The third-order valence-electron chi connectivity index (χ3n) is 4.29. The number of anilines is 1. The van der Waals surface area contributed by atoms with Gasteiger partial charge in [0.05, 0.1) is 10.6 Å². The fourth-order valence-corrected chi connectivity index (χ4v) is 4.38. The van der Waals surface area contributed by atoms with Crippen molar-refractivity contribution in [1.29, 1.82) is 0 Å². The van der Waals surface area contributed by atoms with Crippen molar-refractivity contribution < 1.29 is 48.8 Å². The number of hydrogen-bond acceptors (Lipinski definition) is 10. The molecule has 35 heavy (non-hydrogen) atoms. The van der Waals surface area contributed by atoms with Crippen molar-refractivity contribution >= 4 is 65.3 Å². The number of azo groups is 1. The van der Waals surface area contributed by atoms with Crippen LogP contribution in [0, 0.1) is 0 Å². The van der Waals surface area contributed by atoms with Crippen LogP contribution in [0.5, 0.6) is 11.5 Å². The van der Waals surface area contributed by atoms with Gasteiger partial charge in [-0.1, -0.05) is 6.07 Å². The van der Waals surface area contributed by atoms with E-state index in [9.17, 15) is 40.1 Å². The quantitative estimate of drug-likeness (QED) is 0.164. The van der Waals surface area contributed by atoms with E-state index in [0.29, 0.717) is 0 Å². The normalized spacial score (nSPS) is 13.1. The number of amides is 1. The number of carbonyl (C=O) groups excluding carboxylic acids is 1. The topological polar surface area (TPSA) is 229 Å². The van der Waals surface area contributed by atoms with Gasteiger partial charge in [-0.05, 0) is 35.7 Å². The average molecular weight is 546 g/mol. The highest BCUT2D eigenvalue weighted by atomic mass is 32.2. The van der Waals surface area contributed by atoms with Crippen molar-refractivity contribution in [3.8, 4) is 11.5 Å². The number of carbonyl (C=O) groups is 1. The molecule has 0 heterocycles. The second-order valence-corrected chi connectivity index (χ2v) is 10.2. The molecule has 17 heteroatoms. The number of benzene rings is 3. The fraction of sp³-hybridized carbons (Fsp3) is 0.0556. The molecule has 0 saturated heterocycles. The molecule has 14 nitrogen and oxygen atoms in total. The molecule has 0 aliphatic heterocycles. The summed E-state index contributed by atoms with van der Waals surface area (Å²) in [6.45, 7) is 1.12. The third-order valence-corrected chi connectivity index (χ3v) is 6.36. The zero-order chi connectivity index (χ0) is 26.1. The molecule has 1 amide bonds. The number of aromatic hydroxyl groups is 1. The second kappa shape index (κ2) is 9.64. The standard InChI is InChI=1S/C18H15N3O11S3/c1-9(22)19-15-8-12(34(26,27)28)6-10-2-4-13(18(23)17(10)15)20-21-14-7-11(32-33(24)25)3-5-16(14)35(29,30)31/h2-8,23H,1H3,(H,19,22)(H,24,25)(H,26,27,28)(H,29,30,31). The summed E-state index contributed by atoms with van der Waals surface area (Å²) in [6.07, 6.45) is 0. The number of phenolic OH excluding ortho intramolecular Hbond substituents is 1. The number of phenols is 1. The maximum Gasteiger partial charge on any atom is 0.357 e. The van der Waals surface area contributed by atoms with Gasteiger partial charge in [-0.3, -0.25) is 18.5 Å². The maximum absolute atomic E-state index is 11.6. The molecule has 3 rings (SSSR count). The van der Waals surface area contributed by atoms with Crippen molar-refractivity contribution in [2.45, 2.75) is 16.7 Å². The molecular formula is C18H15N3O11S3. The predicted octanol–water partition coefficient (Wildman–Crippen LogP) is 2.93. The molecular weight excluding hydrogens is 530 g/mol. The SMILES string of the molecule is CC(=O)Nc1cc(S(=O)(=O)O)cc2ccc(N=Nc3cc(OS(=O)O)ccc3S(=O)(=O)O)c(O)c12. The van der Waals surface area contributed by atoms with Gasteiger partial charge in [0.15, 0.2) is 5.75 Å². The van der Waals surface area contributed by atoms with Gasteiger partial charge in [-0.15, -0.1) is 10.2 Å². The Hall–Kier alpha value is -3.48. The van der Waals surface area contributed by atoms with Crippen molar-refractivity contribution in [3.63, 3.8) is 0 Å². The predicted molar refractivity (Wildman–Crippen MR) is 122 cm³/mol. The van der Waals surface area contributed by atoms with E-state index in [1.807, 2.05) is 0 Å².